The molecule has 0 heterocycles. The Kier molecular flexibility index (Phi) is 4.74. The van der Waals surface area contributed by atoms with Crippen LogP contribution in [0.15, 0.2) is 22.7 Å². The zero-order chi connectivity index (χ0) is 11.4. The lowest BCUT2D eigenvalue weighted by molar-refractivity contribution is 0.352. The van der Waals surface area contributed by atoms with Crippen LogP contribution in [-0.4, -0.2) is 6.54 Å². The Morgan fingerprint density at radius 2 is 2.07 bits per heavy atom. The molecule has 1 unspecified atom stereocenters. The fourth-order valence-electron chi connectivity index (χ4n) is 1.50. The van der Waals surface area contributed by atoms with Crippen molar-refractivity contribution < 1.29 is 4.39 Å². The Bertz CT molecular complexity index is 325. The molecule has 1 aromatic rings. The zero-order valence-corrected chi connectivity index (χ0v) is 10.7. The first-order chi connectivity index (χ1) is 7.04. The van der Waals surface area contributed by atoms with E-state index in [4.69, 9.17) is 5.73 Å². The van der Waals surface area contributed by atoms with Gasteiger partial charge in [-0.05, 0) is 29.5 Å². The topological polar surface area (TPSA) is 26.0 Å². The Morgan fingerprint density at radius 1 is 1.40 bits per heavy atom. The third kappa shape index (κ3) is 3.58. The molecule has 2 N–H and O–H groups in total. The van der Waals surface area contributed by atoms with E-state index in [2.05, 4.69) is 29.8 Å². The molecule has 0 aliphatic rings. The number of benzene rings is 1. The maximum Gasteiger partial charge on any atom is 0.137 e. The van der Waals surface area contributed by atoms with Crippen molar-refractivity contribution in [3.8, 4) is 0 Å². The molecule has 0 aliphatic heterocycles. The lowest BCUT2D eigenvalue weighted by atomic mass is 10.0. The van der Waals surface area contributed by atoms with E-state index in [0.29, 0.717) is 11.5 Å². The number of nitrogens with two attached hydrogens (primary N) is 1. The van der Waals surface area contributed by atoms with Gasteiger partial charge in [0.25, 0.3) is 0 Å². The van der Waals surface area contributed by atoms with Crippen LogP contribution < -0.4 is 5.73 Å². The molecule has 0 aliphatic carbocycles. The number of halogens is 2. The third-order valence-electron chi connectivity index (χ3n) is 2.27. The molecular formula is C12H17BrFN. The first-order valence-corrected chi connectivity index (χ1v) is 5.96. The average molecular weight is 274 g/mol. The van der Waals surface area contributed by atoms with E-state index in [0.717, 1.165) is 10.9 Å². The van der Waals surface area contributed by atoms with Gasteiger partial charge in [-0.2, -0.15) is 0 Å². The smallest absolute Gasteiger partial charge is 0.137 e. The Labute approximate surface area is 99.0 Å². The molecule has 0 radical (unpaired) electrons. The van der Waals surface area contributed by atoms with Gasteiger partial charge >= 0.3 is 0 Å². The summed E-state index contributed by atoms with van der Waals surface area (Å²) in [5.41, 5.74) is 7.15. The maximum absolute atomic E-state index is 13.3. The van der Waals surface area contributed by atoms with E-state index in [1.54, 1.807) is 0 Å². The largest absolute Gasteiger partial charge is 0.327 e. The number of rotatable bonds is 4. The van der Waals surface area contributed by atoms with Crippen molar-refractivity contribution in [2.45, 2.75) is 26.4 Å². The first kappa shape index (κ1) is 12.7. The van der Waals surface area contributed by atoms with Gasteiger partial charge in [0.05, 0.1) is 0 Å². The first-order valence-electron chi connectivity index (χ1n) is 5.17. The summed E-state index contributed by atoms with van der Waals surface area (Å²) in [6.45, 7) is 4.37. The van der Waals surface area contributed by atoms with Crippen LogP contribution in [0.3, 0.4) is 0 Å². The molecule has 1 rings (SSSR count). The molecule has 0 fully saturated rings. The molecule has 0 saturated heterocycles. The minimum Gasteiger partial charge on any atom is -0.327 e. The van der Waals surface area contributed by atoms with Crippen LogP contribution in [0.5, 0.6) is 0 Å². The fourth-order valence-corrected chi connectivity index (χ4v) is 2.06. The van der Waals surface area contributed by atoms with Gasteiger partial charge in [0.15, 0.2) is 0 Å². The van der Waals surface area contributed by atoms with Crippen LogP contribution in [0.4, 0.5) is 4.39 Å². The Hall–Kier alpha value is -0.410. The molecule has 1 nitrogen and oxygen atoms in total. The summed E-state index contributed by atoms with van der Waals surface area (Å²) >= 11 is 3.47. The lowest BCUT2D eigenvalue weighted by Gasteiger charge is -2.11. The highest BCUT2D eigenvalue weighted by Crippen LogP contribution is 2.25. The summed E-state index contributed by atoms with van der Waals surface area (Å²) < 4.78 is 14.3. The second-order valence-electron chi connectivity index (χ2n) is 4.15. The summed E-state index contributed by atoms with van der Waals surface area (Å²) in [6.07, 6.45) is -0.0603. The molecule has 3 heteroatoms. The predicted molar refractivity (Wildman–Crippen MR) is 65.6 cm³/mol. The van der Waals surface area contributed by atoms with Crippen LogP contribution in [0.25, 0.3) is 0 Å². The normalized spacial score (nSPS) is 13.2. The van der Waals surface area contributed by atoms with Gasteiger partial charge in [-0.15, -0.1) is 0 Å². The van der Waals surface area contributed by atoms with Crippen molar-refractivity contribution in [1.29, 1.82) is 0 Å². The van der Waals surface area contributed by atoms with Gasteiger partial charge in [-0.1, -0.05) is 41.9 Å². The number of hydrogen-bond donors (Lipinski definition) is 1. The summed E-state index contributed by atoms with van der Waals surface area (Å²) in [6, 6.07) is 5.62. The van der Waals surface area contributed by atoms with Crippen LogP contribution in [0.1, 0.15) is 31.1 Å². The van der Waals surface area contributed by atoms with Crippen LogP contribution in [-0.2, 0) is 6.42 Å². The highest BCUT2D eigenvalue weighted by molar-refractivity contribution is 9.10. The van der Waals surface area contributed by atoms with Crippen molar-refractivity contribution in [3.05, 3.63) is 33.8 Å². The van der Waals surface area contributed by atoms with Crippen LogP contribution >= 0.6 is 15.9 Å². The summed E-state index contributed by atoms with van der Waals surface area (Å²) in [7, 11) is 0. The highest BCUT2D eigenvalue weighted by Gasteiger charge is 2.10. The van der Waals surface area contributed by atoms with E-state index < -0.39 is 6.17 Å². The fraction of sp³-hybridized carbons (Fsp3) is 0.500. The van der Waals surface area contributed by atoms with Gasteiger partial charge in [-0.25, -0.2) is 4.39 Å². The molecular weight excluding hydrogens is 257 g/mol. The molecule has 1 aromatic carbocycles. The molecule has 1 atom stereocenters. The average Bonchev–Trinajstić information content (AvgIpc) is 2.19. The molecule has 0 aromatic heterocycles. The van der Waals surface area contributed by atoms with Gasteiger partial charge in [-0.3, -0.25) is 0 Å². The SMILES string of the molecule is CC(C)Cc1ccc(C(F)CN)cc1Br. The van der Waals surface area contributed by atoms with Crippen molar-refractivity contribution in [1.82, 2.24) is 0 Å². The summed E-state index contributed by atoms with van der Waals surface area (Å²) in [5, 5.41) is 0. The van der Waals surface area contributed by atoms with E-state index in [9.17, 15) is 4.39 Å². The molecule has 0 spiro atoms. The van der Waals surface area contributed by atoms with E-state index in [1.807, 2.05) is 18.2 Å². The minimum atomic E-state index is -1.06. The third-order valence-corrected chi connectivity index (χ3v) is 3.01. The quantitative estimate of drug-likeness (QED) is 0.891. The highest BCUT2D eigenvalue weighted by atomic mass is 79.9. The van der Waals surface area contributed by atoms with Gasteiger partial charge < -0.3 is 5.73 Å². The minimum absolute atomic E-state index is 0.0377. The van der Waals surface area contributed by atoms with Crippen molar-refractivity contribution >= 4 is 15.9 Å². The molecule has 15 heavy (non-hydrogen) atoms. The second kappa shape index (κ2) is 5.61. The van der Waals surface area contributed by atoms with Gasteiger partial charge in [0.2, 0.25) is 0 Å². The zero-order valence-electron chi connectivity index (χ0n) is 9.13. The van der Waals surface area contributed by atoms with Crippen LogP contribution in [0.2, 0.25) is 0 Å². The number of hydrogen-bond acceptors (Lipinski definition) is 1. The van der Waals surface area contributed by atoms with Crippen molar-refractivity contribution in [2.75, 3.05) is 6.54 Å². The maximum atomic E-state index is 13.3. The van der Waals surface area contributed by atoms with Crippen molar-refractivity contribution in [3.63, 3.8) is 0 Å². The Balaban J connectivity index is 2.88. The van der Waals surface area contributed by atoms with E-state index in [-0.39, 0.29) is 6.54 Å². The van der Waals surface area contributed by atoms with E-state index >= 15 is 0 Å². The molecule has 0 saturated carbocycles. The molecule has 0 bridgehead atoms. The monoisotopic (exact) mass is 273 g/mol. The summed E-state index contributed by atoms with van der Waals surface area (Å²) in [5.74, 6) is 0.600. The standard InChI is InChI=1S/C12H17BrFN/c1-8(2)5-9-3-4-10(6-11(9)13)12(14)7-15/h3-4,6,8,12H,5,7,15H2,1-2H3. The van der Waals surface area contributed by atoms with E-state index in [1.165, 1.54) is 5.56 Å². The molecule has 84 valence electrons. The Morgan fingerprint density at radius 3 is 2.53 bits per heavy atom. The summed E-state index contributed by atoms with van der Waals surface area (Å²) in [4.78, 5) is 0. The second-order valence-corrected chi connectivity index (χ2v) is 5.01. The lowest BCUT2D eigenvalue weighted by Crippen LogP contribution is -2.08. The number of alkyl halides is 1. The van der Waals surface area contributed by atoms with Crippen molar-refractivity contribution in [2.24, 2.45) is 11.7 Å². The van der Waals surface area contributed by atoms with Gasteiger partial charge in [0, 0.05) is 11.0 Å². The van der Waals surface area contributed by atoms with Crippen LogP contribution in [0, 0.1) is 5.92 Å². The predicted octanol–water partition coefficient (Wildman–Crippen LogP) is 3.62. The molecule has 0 amide bonds. The van der Waals surface area contributed by atoms with Gasteiger partial charge in [0.1, 0.15) is 6.17 Å².